The van der Waals surface area contributed by atoms with Gasteiger partial charge in [0.25, 0.3) is 0 Å². The third-order valence-corrected chi connectivity index (χ3v) is 3.12. The Bertz CT molecular complexity index is 674. The van der Waals surface area contributed by atoms with E-state index in [1.807, 2.05) is 30.3 Å². The molecule has 6 heteroatoms. The minimum absolute atomic E-state index is 0.0895. The van der Waals surface area contributed by atoms with E-state index in [0.29, 0.717) is 5.02 Å². The number of hydrogen-bond donors (Lipinski definition) is 3. The van der Waals surface area contributed by atoms with Crippen molar-refractivity contribution in [1.82, 2.24) is 5.32 Å². The standard InChI is InChI=1S/C16H15ClN2O3/c17-12-6-7-14(20)13(9-12)19-16(22)10-18-15(21)8-11-4-2-1-3-5-11/h1-7,9,20H,8,10H2,(H,18,21)(H,19,22). The Labute approximate surface area is 132 Å². The van der Waals surface area contributed by atoms with Crippen molar-refractivity contribution in [2.75, 3.05) is 11.9 Å². The van der Waals surface area contributed by atoms with Crippen LogP contribution in [-0.4, -0.2) is 23.5 Å². The summed E-state index contributed by atoms with van der Waals surface area (Å²) in [5, 5.41) is 15.0. The highest BCUT2D eigenvalue weighted by Crippen LogP contribution is 2.26. The molecule has 22 heavy (non-hydrogen) atoms. The van der Waals surface area contributed by atoms with Crippen LogP contribution in [0.2, 0.25) is 5.02 Å². The minimum atomic E-state index is -0.445. The van der Waals surface area contributed by atoms with Crippen LogP contribution in [0.5, 0.6) is 5.75 Å². The predicted octanol–water partition coefficient (Wildman–Crippen LogP) is 2.34. The van der Waals surface area contributed by atoms with Gasteiger partial charge in [-0.15, -0.1) is 0 Å². The van der Waals surface area contributed by atoms with Crippen LogP contribution in [0.3, 0.4) is 0 Å². The Morgan fingerprint density at radius 3 is 2.50 bits per heavy atom. The highest BCUT2D eigenvalue weighted by molar-refractivity contribution is 6.31. The number of nitrogens with one attached hydrogen (secondary N) is 2. The summed E-state index contributed by atoms with van der Waals surface area (Å²) in [6, 6.07) is 13.6. The Morgan fingerprint density at radius 2 is 1.77 bits per heavy atom. The molecule has 3 N–H and O–H groups in total. The summed E-state index contributed by atoms with van der Waals surface area (Å²) >= 11 is 5.79. The van der Waals surface area contributed by atoms with Crippen molar-refractivity contribution in [3.8, 4) is 5.75 Å². The van der Waals surface area contributed by atoms with Gasteiger partial charge in [0.1, 0.15) is 5.75 Å². The molecule has 5 nitrogen and oxygen atoms in total. The van der Waals surface area contributed by atoms with Crippen molar-refractivity contribution in [3.05, 3.63) is 59.1 Å². The molecule has 0 atom stereocenters. The average molecular weight is 319 g/mol. The van der Waals surface area contributed by atoms with Crippen LogP contribution in [0, 0.1) is 0 Å². The van der Waals surface area contributed by atoms with Gasteiger partial charge in [-0.3, -0.25) is 9.59 Å². The van der Waals surface area contributed by atoms with Gasteiger partial charge in [0.15, 0.2) is 0 Å². The van der Waals surface area contributed by atoms with Crippen LogP contribution in [-0.2, 0) is 16.0 Å². The van der Waals surface area contributed by atoms with E-state index < -0.39 is 5.91 Å². The molecular formula is C16H15ClN2O3. The summed E-state index contributed by atoms with van der Waals surface area (Å²) < 4.78 is 0. The number of anilines is 1. The number of hydrogen-bond acceptors (Lipinski definition) is 3. The van der Waals surface area contributed by atoms with E-state index in [1.165, 1.54) is 18.2 Å². The number of benzene rings is 2. The molecule has 0 spiro atoms. The fraction of sp³-hybridized carbons (Fsp3) is 0.125. The fourth-order valence-electron chi connectivity index (χ4n) is 1.83. The van der Waals surface area contributed by atoms with Crippen molar-refractivity contribution in [3.63, 3.8) is 0 Å². The molecule has 0 radical (unpaired) electrons. The van der Waals surface area contributed by atoms with Crippen molar-refractivity contribution < 1.29 is 14.7 Å². The third kappa shape index (κ3) is 4.79. The van der Waals surface area contributed by atoms with Crippen LogP contribution in [0.25, 0.3) is 0 Å². The minimum Gasteiger partial charge on any atom is -0.506 e. The molecule has 0 heterocycles. The molecule has 114 valence electrons. The predicted molar refractivity (Wildman–Crippen MR) is 84.9 cm³/mol. The molecule has 2 amide bonds. The Morgan fingerprint density at radius 1 is 1.05 bits per heavy atom. The van der Waals surface area contributed by atoms with Crippen LogP contribution < -0.4 is 10.6 Å². The SMILES string of the molecule is O=C(Cc1ccccc1)NCC(=O)Nc1cc(Cl)ccc1O. The summed E-state index contributed by atoms with van der Waals surface area (Å²) in [4.78, 5) is 23.5. The lowest BCUT2D eigenvalue weighted by atomic mass is 10.1. The Hall–Kier alpha value is -2.53. The zero-order valence-electron chi connectivity index (χ0n) is 11.7. The average Bonchev–Trinajstić information content (AvgIpc) is 2.50. The molecule has 2 rings (SSSR count). The molecule has 2 aromatic rings. The largest absolute Gasteiger partial charge is 0.506 e. The van der Waals surface area contributed by atoms with E-state index in [1.54, 1.807) is 0 Å². The first-order valence-corrected chi connectivity index (χ1v) is 7.01. The monoisotopic (exact) mass is 318 g/mol. The summed E-state index contributed by atoms with van der Waals surface area (Å²) in [6.07, 6.45) is 0.205. The fourth-order valence-corrected chi connectivity index (χ4v) is 2.00. The maximum absolute atomic E-state index is 11.8. The number of aromatic hydroxyl groups is 1. The van der Waals surface area contributed by atoms with E-state index in [9.17, 15) is 14.7 Å². The summed E-state index contributed by atoms with van der Waals surface area (Å²) in [6.45, 7) is -0.183. The molecule has 0 aliphatic carbocycles. The van der Waals surface area contributed by atoms with E-state index in [2.05, 4.69) is 10.6 Å². The van der Waals surface area contributed by atoms with E-state index >= 15 is 0 Å². The zero-order chi connectivity index (χ0) is 15.9. The van der Waals surface area contributed by atoms with Crippen LogP contribution in [0.15, 0.2) is 48.5 Å². The smallest absolute Gasteiger partial charge is 0.243 e. The van der Waals surface area contributed by atoms with Crippen LogP contribution in [0.4, 0.5) is 5.69 Å². The second kappa shape index (κ2) is 7.47. The lowest BCUT2D eigenvalue weighted by molar-refractivity contribution is -0.123. The van der Waals surface area contributed by atoms with E-state index in [0.717, 1.165) is 5.56 Å². The molecule has 0 bridgehead atoms. The zero-order valence-corrected chi connectivity index (χ0v) is 12.4. The first-order chi connectivity index (χ1) is 10.5. The second-order valence-corrected chi connectivity index (χ2v) is 5.09. The van der Waals surface area contributed by atoms with Crippen molar-refractivity contribution in [1.29, 1.82) is 0 Å². The Kier molecular flexibility index (Phi) is 5.38. The molecule has 0 aromatic heterocycles. The maximum Gasteiger partial charge on any atom is 0.243 e. The molecule has 0 saturated carbocycles. The first-order valence-electron chi connectivity index (χ1n) is 6.63. The van der Waals surface area contributed by atoms with Gasteiger partial charge in [-0.2, -0.15) is 0 Å². The number of amides is 2. The van der Waals surface area contributed by atoms with Gasteiger partial charge in [-0.25, -0.2) is 0 Å². The highest BCUT2D eigenvalue weighted by atomic mass is 35.5. The quantitative estimate of drug-likeness (QED) is 0.740. The van der Waals surface area contributed by atoms with Gasteiger partial charge >= 0.3 is 0 Å². The van der Waals surface area contributed by atoms with Crippen molar-refractivity contribution in [2.45, 2.75) is 6.42 Å². The number of phenols is 1. The van der Waals surface area contributed by atoms with Gasteiger partial charge in [0.05, 0.1) is 18.7 Å². The summed E-state index contributed by atoms with van der Waals surface area (Å²) in [5.74, 6) is -0.788. The van der Waals surface area contributed by atoms with E-state index in [-0.39, 0.29) is 30.3 Å². The van der Waals surface area contributed by atoms with Gasteiger partial charge in [-0.1, -0.05) is 41.9 Å². The van der Waals surface area contributed by atoms with Crippen molar-refractivity contribution >= 4 is 29.1 Å². The van der Waals surface area contributed by atoms with Gasteiger partial charge in [0, 0.05) is 5.02 Å². The third-order valence-electron chi connectivity index (χ3n) is 2.89. The second-order valence-electron chi connectivity index (χ2n) is 4.65. The Balaban J connectivity index is 1.82. The number of phenolic OH excluding ortho intramolecular Hbond substituents is 1. The normalized spacial score (nSPS) is 10.0. The number of halogens is 1. The summed E-state index contributed by atoms with van der Waals surface area (Å²) in [5.41, 5.74) is 1.07. The molecule has 2 aromatic carbocycles. The topological polar surface area (TPSA) is 78.4 Å². The van der Waals surface area contributed by atoms with E-state index in [4.69, 9.17) is 11.6 Å². The lowest BCUT2D eigenvalue weighted by Crippen LogP contribution is -2.33. The van der Waals surface area contributed by atoms with Gasteiger partial charge < -0.3 is 15.7 Å². The molecule has 0 aliphatic heterocycles. The molecule has 0 saturated heterocycles. The number of carbonyl (C=O) groups excluding carboxylic acids is 2. The highest BCUT2D eigenvalue weighted by Gasteiger charge is 2.09. The van der Waals surface area contributed by atoms with Gasteiger partial charge in [0.2, 0.25) is 11.8 Å². The number of rotatable bonds is 5. The summed E-state index contributed by atoms with van der Waals surface area (Å²) in [7, 11) is 0. The van der Waals surface area contributed by atoms with Crippen LogP contribution in [0.1, 0.15) is 5.56 Å². The maximum atomic E-state index is 11.8. The molecule has 0 fully saturated rings. The first kappa shape index (κ1) is 15.9. The van der Waals surface area contributed by atoms with Gasteiger partial charge in [-0.05, 0) is 23.8 Å². The van der Waals surface area contributed by atoms with Crippen LogP contribution >= 0.6 is 11.6 Å². The molecule has 0 aliphatic rings. The number of carbonyl (C=O) groups is 2. The van der Waals surface area contributed by atoms with Crippen molar-refractivity contribution in [2.24, 2.45) is 0 Å². The molecule has 0 unspecified atom stereocenters. The molecular weight excluding hydrogens is 304 g/mol. The lowest BCUT2D eigenvalue weighted by Gasteiger charge is -2.09.